The van der Waals surface area contributed by atoms with Gasteiger partial charge in [0.25, 0.3) is 10.0 Å². The van der Waals surface area contributed by atoms with E-state index in [4.69, 9.17) is 0 Å². The van der Waals surface area contributed by atoms with E-state index in [0.29, 0.717) is 24.2 Å². The number of sulfonamides is 2. The maximum absolute atomic E-state index is 12.3. The Morgan fingerprint density at radius 3 is 1.96 bits per heavy atom. The van der Waals surface area contributed by atoms with Gasteiger partial charge in [-0.05, 0) is 50.1 Å². The Labute approximate surface area is 160 Å². The summed E-state index contributed by atoms with van der Waals surface area (Å²) in [5.41, 5.74) is 1.98. The molecule has 0 saturated heterocycles. The molecule has 0 saturated carbocycles. The van der Waals surface area contributed by atoms with Crippen LogP contribution in [0, 0.1) is 6.92 Å². The van der Waals surface area contributed by atoms with Crippen LogP contribution < -0.4 is 9.55 Å². The van der Waals surface area contributed by atoms with Crippen LogP contribution in [-0.2, 0) is 20.0 Å². The molecule has 2 N–H and O–H groups in total. The third kappa shape index (κ3) is 5.62. The number of aryl methyl sites for hydroxylation is 1. The predicted molar refractivity (Wildman–Crippen MR) is 106 cm³/mol. The molecule has 2 aromatic rings. The summed E-state index contributed by atoms with van der Waals surface area (Å²) >= 11 is 0. The molecule has 146 valence electrons. The van der Waals surface area contributed by atoms with Crippen molar-refractivity contribution in [2.45, 2.75) is 37.0 Å². The van der Waals surface area contributed by atoms with Crippen LogP contribution in [0.4, 0.5) is 0 Å². The summed E-state index contributed by atoms with van der Waals surface area (Å²) in [6.07, 6.45) is 0.699. The molecule has 0 aliphatic carbocycles. The van der Waals surface area contributed by atoms with E-state index in [9.17, 15) is 16.8 Å². The highest BCUT2D eigenvalue weighted by Crippen LogP contribution is 2.13. The summed E-state index contributed by atoms with van der Waals surface area (Å²) in [5.74, 6) is 0. The Bertz CT molecular complexity index is 1010. The second-order valence-electron chi connectivity index (χ2n) is 6.03. The highest BCUT2D eigenvalue weighted by atomic mass is 32.2. The maximum Gasteiger partial charge on any atom is 0.276 e. The first-order valence-electron chi connectivity index (χ1n) is 8.38. The number of hydrogen-bond donors (Lipinski definition) is 2. The van der Waals surface area contributed by atoms with Crippen LogP contribution in [-0.4, -0.2) is 29.1 Å². The quantitative estimate of drug-likeness (QED) is 0.516. The van der Waals surface area contributed by atoms with Crippen molar-refractivity contribution < 1.29 is 16.8 Å². The topological polar surface area (TPSA) is 105 Å². The molecule has 0 unspecified atom stereocenters. The first-order valence-corrected chi connectivity index (χ1v) is 11.4. The van der Waals surface area contributed by atoms with Gasteiger partial charge < -0.3 is 0 Å². The van der Waals surface area contributed by atoms with E-state index in [1.807, 2.05) is 13.8 Å². The lowest BCUT2D eigenvalue weighted by Crippen LogP contribution is -2.24. The van der Waals surface area contributed by atoms with Crippen LogP contribution in [0.25, 0.3) is 0 Å². The summed E-state index contributed by atoms with van der Waals surface area (Å²) in [5, 5.41) is 3.92. The van der Waals surface area contributed by atoms with E-state index in [1.54, 1.807) is 31.2 Å². The van der Waals surface area contributed by atoms with Crippen LogP contribution in [0.2, 0.25) is 0 Å². The number of nitrogens with zero attached hydrogens (tertiary/aromatic N) is 1. The fraction of sp³-hybridized carbons (Fsp3) is 0.278. The van der Waals surface area contributed by atoms with Gasteiger partial charge in [-0.15, -0.1) is 0 Å². The van der Waals surface area contributed by atoms with Crippen molar-refractivity contribution in [2.75, 3.05) is 6.54 Å². The van der Waals surface area contributed by atoms with Crippen LogP contribution in [0.15, 0.2) is 63.4 Å². The Hall–Kier alpha value is -2.23. The van der Waals surface area contributed by atoms with Gasteiger partial charge >= 0.3 is 0 Å². The highest BCUT2D eigenvalue weighted by molar-refractivity contribution is 7.89. The molecule has 0 amide bonds. The number of hydrazone groups is 1. The molecule has 0 bridgehead atoms. The molecule has 2 rings (SSSR count). The fourth-order valence-electron chi connectivity index (χ4n) is 2.16. The van der Waals surface area contributed by atoms with Crippen molar-refractivity contribution in [3.8, 4) is 0 Å². The SMILES string of the molecule is CCCNS(=O)(=O)c1ccc(/C(C)=N\NS(=O)(=O)c2ccc(C)cc2)cc1. The molecule has 0 aliphatic heterocycles. The normalized spacial score (nSPS) is 12.8. The monoisotopic (exact) mass is 409 g/mol. The Kier molecular flexibility index (Phi) is 6.74. The number of rotatable bonds is 8. The summed E-state index contributed by atoms with van der Waals surface area (Å²) < 4.78 is 51.2. The molecular weight excluding hydrogens is 386 g/mol. The highest BCUT2D eigenvalue weighted by Gasteiger charge is 2.14. The van der Waals surface area contributed by atoms with Crippen LogP contribution >= 0.6 is 0 Å². The van der Waals surface area contributed by atoms with E-state index in [2.05, 4.69) is 14.7 Å². The zero-order chi connectivity index (χ0) is 20.1. The van der Waals surface area contributed by atoms with E-state index >= 15 is 0 Å². The Morgan fingerprint density at radius 1 is 0.889 bits per heavy atom. The molecule has 0 spiro atoms. The van der Waals surface area contributed by atoms with Gasteiger partial charge in [-0.1, -0.05) is 36.8 Å². The molecule has 0 heterocycles. The minimum Gasteiger partial charge on any atom is -0.211 e. The van der Waals surface area contributed by atoms with Crippen molar-refractivity contribution >= 4 is 25.8 Å². The van der Waals surface area contributed by atoms with Crippen molar-refractivity contribution in [2.24, 2.45) is 5.10 Å². The minimum atomic E-state index is -3.77. The van der Waals surface area contributed by atoms with E-state index in [0.717, 1.165) is 5.56 Å². The van der Waals surface area contributed by atoms with Gasteiger partial charge in [-0.3, -0.25) is 0 Å². The van der Waals surface area contributed by atoms with Crippen molar-refractivity contribution in [3.05, 3.63) is 59.7 Å². The van der Waals surface area contributed by atoms with Crippen LogP contribution in [0.5, 0.6) is 0 Å². The zero-order valence-corrected chi connectivity index (χ0v) is 17.1. The van der Waals surface area contributed by atoms with Crippen LogP contribution in [0.3, 0.4) is 0 Å². The molecule has 0 fully saturated rings. The van der Waals surface area contributed by atoms with Gasteiger partial charge in [-0.25, -0.2) is 13.1 Å². The lowest BCUT2D eigenvalue weighted by atomic mass is 10.1. The first-order chi connectivity index (χ1) is 12.7. The lowest BCUT2D eigenvalue weighted by molar-refractivity contribution is 0.580. The number of nitrogens with one attached hydrogen (secondary N) is 2. The van der Waals surface area contributed by atoms with Gasteiger partial charge in [0.1, 0.15) is 0 Å². The van der Waals surface area contributed by atoms with Crippen molar-refractivity contribution in [3.63, 3.8) is 0 Å². The third-order valence-electron chi connectivity index (χ3n) is 3.79. The largest absolute Gasteiger partial charge is 0.276 e. The molecule has 27 heavy (non-hydrogen) atoms. The van der Waals surface area contributed by atoms with Gasteiger partial charge in [-0.2, -0.15) is 18.4 Å². The smallest absolute Gasteiger partial charge is 0.211 e. The molecule has 2 aromatic carbocycles. The minimum absolute atomic E-state index is 0.119. The van der Waals surface area contributed by atoms with Crippen molar-refractivity contribution in [1.82, 2.24) is 9.55 Å². The average Bonchev–Trinajstić information content (AvgIpc) is 2.65. The summed E-state index contributed by atoms with van der Waals surface area (Å²) in [6.45, 7) is 5.75. The van der Waals surface area contributed by atoms with E-state index < -0.39 is 20.0 Å². The Morgan fingerprint density at radius 2 is 1.41 bits per heavy atom. The van der Waals surface area contributed by atoms with Crippen LogP contribution in [0.1, 0.15) is 31.4 Å². The van der Waals surface area contributed by atoms with Crippen molar-refractivity contribution in [1.29, 1.82) is 0 Å². The molecule has 7 nitrogen and oxygen atoms in total. The van der Waals surface area contributed by atoms with E-state index in [-0.39, 0.29) is 9.79 Å². The number of hydrogen-bond acceptors (Lipinski definition) is 5. The first kappa shape index (κ1) is 21.1. The standard InChI is InChI=1S/C18H23N3O4S2/c1-4-13-19-26(22,23)17-11-7-16(8-12-17)15(3)20-21-27(24,25)18-9-5-14(2)6-10-18/h5-12,19,21H,4,13H2,1-3H3/b20-15-. The second-order valence-corrected chi connectivity index (χ2v) is 9.45. The maximum atomic E-state index is 12.3. The van der Waals surface area contributed by atoms with Gasteiger partial charge in [0.2, 0.25) is 10.0 Å². The number of benzene rings is 2. The predicted octanol–water partition coefficient (Wildman–Crippen LogP) is 2.39. The summed E-state index contributed by atoms with van der Waals surface area (Å²) in [4.78, 5) is 2.46. The van der Waals surface area contributed by atoms with Gasteiger partial charge in [0.05, 0.1) is 15.5 Å². The molecule has 0 aliphatic rings. The molecule has 9 heteroatoms. The second kappa shape index (κ2) is 8.64. The van der Waals surface area contributed by atoms with Gasteiger partial charge in [0.15, 0.2) is 0 Å². The van der Waals surface area contributed by atoms with Gasteiger partial charge in [0, 0.05) is 6.54 Å². The molecule has 0 aromatic heterocycles. The zero-order valence-electron chi connectivity index (χ0n) is 15.4. The average molecular weight is 410 g/mol. The summed E-state index contributed by atoms with van der Waals surface area (Å²) in [6, 6.07) is 12.5. The third-order valence-corrected chi connectivity index (χ3v) is 6.49. The van der Waals surface area contributed by atoms with E-state index in [1.165, 1.54) is 24.3 Å². The molecule has 0 atom stereocenters. The Balaban J connectivity index is 2.15. The fourth-order valence-corrected chi connectivity index (χ4v) is 4.15. The molecular formula is C18H23N3O4S2. The molecule has 0 radical (unpaired) electrons. The lowest BCUT2D eigenvalue weighted by Gasteiger charge is -2.08. The summed E-state index contributed by atoms with van der Waals surface area (Å²) in [7, 11) is -7.31.